The van der Waals surface area contributed by atoms with E-state index >= 15 is 0 Å². The number of hydrogen-bond donors (Lipinski definition) is 2. The Hall–Kier alpha value is -1.89. The molecule has 1 saturated heterocycles. The summed E-state index contributed by atoms with van der Waals surface area (Å²) in [5.74, 6) is 0. The van der Waals surface area contributed by atoms with Crippen LogP contribution in [0.15, 0.2) is 53.4 Å². The molecule has 128 valence electrons. The lowest BCUT2D eigenvalue weighted by Gasteiger charge is -2.19. The van der Waals surface area contributed by atoms with Crippen LogP contribution >= 0.6 is 0 Å². The minimum absolute atomic E-state index is 0.187. The minimum Gasteiger partial charge on any atom is -0.381 e. The average molecular weight is 345 g/mol. The van der Waals surface area contributed by atoms with Gasteiger partial charge in [0.15, 0.2) is 0 Å². The number of primary sulfonamides is 1. The number of benzene rings is 2. The summed E-state index contributed by atoms with van der Waals surface area (Å²) in [5.41, 5.74) is 2.83. The van der Waals surface area contributed by atoms with Gasteiger partial charge in [-0.05, 0) is 36.6 Å². The fourth-order valence-electron chi connectivity index (χ4n) is 3.23. The van der Waals surface area contributed by atoms with Gasteiger partial charge in [-0.15, -0.1) is 0 Å². The number of nitrogens with two attached hydrogens (primary N) is 1. The van der Waals surface area contributed by atoms with Crippen molar-refractivity contribution >= 4 is 15.7 Å². The second kappa shape index (κ2) is 6.93. The Kier molecular flexibility index (Phi) is 4.89. The number of likely N-dealkylation sites (tertiary alicyclic amines) is 1. The summed E-state index contributed by atoms with van der Waals surface area (Å²) < 4.78 is 23.3. The molecule has 1 fully saturated rings. The highest BCUT2D eigenvalue weighted by Crippen LogP contribution is 2.25. The van der Waals surface area contributed by atoms with E-state index in [0.29, 0.717) is 11.6 Å². The first-order valence-corrected chi connectivity index (χ1v) is 9.63. The first kappa shape index (κ1) is 17.0. The van der Waals surface area contributed by atoms with Crippen molar-refractivity contribution in [2.24, 2.45) is 5.14 Å². The third kappa shape index (κ3) is 3.95. The van der Waals surface area contributed by atoms with Crippen molar-refractivity contribution < 1.29 is 8.42 Å². The molecule has 0 amide bonds. The highest BCUT2D eigenvalue weighted by Gasteiger charge is 2.23. The highest BCUT2D eigenvalue weighted by atomic mass is 32.2. The van der Waals surface area contributed by atoms with Crippen molar-refractivity contribution in [3.05, 3.63) is 59.7 Å². The zero-order valence-electron chi connectivity index (χ0n) is 13.8. The van der Waals surface area contributed by atoms with Gasteiger partial charge in [0.2, 0.25) is 10.0 Å². The van der Waals surface area contributed by atoms with E-state index in [1.165, 1.54) is 5.56 Å². The Morgan fingerprint density at radius 3 is 2.62 bits per heavy atom. The molecular formula is C18H23N3O2S. The van der Waals surface area contributed by atoms with Crippen LogP contribution in [0.5, 0.6) is 0 Å². The Morgan fingerprint density at radius 2 is 1.92 bits per heavy atom. The van der Waals surface area contributed by atoms with Crippen molar-refractivity contribution in [1.82, 2.24) is 4.90 Å². The zero-order chi connectivity index (χ0) is 17.2. The average Bonchev–Trinajstić information content (AvgIpc) is 2.96. The molecule has 0 saturated carbocycles. The Balaban J connectivity index is 1.66. The molecule has 1 aliphatic rings. The van der Waals surface area contributed by atoms with E-state index in [1.54, 1.807) is 19.1 Å². The van der Waals surface area contributed by atoms with Gasteiger partial charge in [-0.25, -0.2) is 13.6 Å². The third-order valence-corrected chi connectivity index (χ3v) is 5.53. The number of rotatable bonds is 5. The van der Waals surface area contributed by atoms with Crippen LogP contribution in [0.4, 0.5) is 5.69 Å². The molecule has 1 aliphatic heterocycles. The Labute approximate surface area is 143 Å². The lowest BCUT2D eigenvalue weighted by molar-refractivity contribution is 0.328. The summed E-state index contributed by atoms with van der Waals surface area (Å²) in [4.78, 5) is 2.60. The van der Waals surface area contributed by atoms with E-state index in [-0.39, 0.29) is 4.90 Å². The van der Waals surface area contributed by atoms with E-state index in [9.17, 15) is 8.42 Å². The first-order valence-electron chi connectivity index (χ1n) is 8.09. The maximum atomic E-state index is 11.6. The summed E-state index contributed by atoms with van der Waals surface area (Å²) in [5, 5.41) is 8.75. The van der Waals surface area contributed by atoms with E-state index < -0.39 is 10.0 Å². The quantitative estimate of drug-likeness (QED) is 0.872. The van der Waals surface area contributed by atoms with Crippen molar-refractivity contribution in [2.75, 3.05) is 18.4 Å². The van der Waals surface area contributed by atoms with Gasteiger partial charge in [-0.2, -0.15) is 0 Å². The van der Waals surface area contributed by atoms with E-state index in [1.807, 2.05) is 12.1 Å². The van der Waals surface area contributed by atoms with E-state index in [4.69, 9.17) is 5.14 Å². The number of sulfonamides is 1. The topological polar surface area (TPSA) is 75.4 Å². The molecule has 1 heterocycles. The first-order chi connectivity index (χ1) is 11.4. The molecule has 0 aliphatic carbocycles. The van der Waals surface area contributed by atoms with Crippen LogP contribution in [-0.4, -0.2) is 32.4 Å². The molecule has 0 spiro atoms. The maximum Gasteiger partial charge on any atom is 0.238 e. The van der Waals surface area contributed by atoms with Crippen molar-refractivity contribution in [3.63, 3.8) is 0 Å². The lowest BCUT2D eigenvalue weighted by atomic mass is 10.1. The summed E-state index contributed by atoms with van der Waals surface area (Å²) in [6.07, 6.45) is 1.03. The number of anilines is 1. The number of nitrogens with zero attached hydrogens (tertiary/aromatic N) is 1. The molecule has 0 radical (unpaired) electrons. The standard InChI is InChI=1S/C18H23N3O2S/c1-14-17(8-5-9-18(14)24(19,22)23)20-16-10-11-21(13-16)12-15-6-3-2-4-7-15/h2-9,16,20H,10-13H2,1H3,(H2,19,22,23). The molecule has 1 atom stereocenters. The molecule has 3 rings (SSSR count). The monoisotopic (exact) mass is 345 g/mol. The fraction of sp³-hybridized carbons (Fsp3) is 0.333. The third-order valence-electron chi connectivity index (χ3n) is 4.47. The van der Waals surface area contributed by atoms with Gasteiger partial charge in [0.25, 0.3) is 0 Å². The van der Waals surface area contributed by atoms with Gasteiger partial charge in [0, 0.05) is 31.4 Å². The normalized spacial score (nSPS) is 18.7. The van der Waals surface area contributed by atoms with Gasteiger partial charge in [0.1, 0.15) is 0 Å². The molecule has 1 unspecified atom stereocenters. The molecule has 24 heavy (non-hydrogen) atoms. The van der Waals surface area contributed by atoms with E-state index in [0.717, 1.165) is 31.7 Å². The van der Waals surface area contributed by atoms with Gasteiger partial charge >= 0.3 is 0 Å². The lowest BCUT2D eigenvalue weighted by Crippen LogP contribution is -2.26. The van der Waals surface area contributed by atoms with Gasteiger partial charge in [-0.1, -0.05) is 36.4 Å². The van der Waals surface area contributed by atoms with Gasteiger partial charge in [-0.3, -0.25) is 4.90 Å². The van der Waals surface area contributed by atoms with Crippen LogP contribution in [0, 0.1) is 6.92 Å². The molecule has 5 nitrogen and oxygen atoms in total. The smallest absolute Gasteiger partial charge is 0.238 e. The summed E-state index contributed by atoms with van der Waals surface area (Å²) >= 11 is 0. The molecule has 6 heteroatoms. The Bertz CT molecular complexity index is 806. The summed E-state index contributed by atoms with van der Waals surface area (Å²) in [6, 6.07) is 15.9. The van der Waals surface area contributed by atoms with Crippen LogP contribution in [0.1, 0.15) is 17.5 Å². The highest BCUT2D eigenvalue weighted by molar-refractivity contribution is 7.89. The molecule has 0 aromatic heterocycles. The predicted octanol–water partition coefficient (Wildman–Crippen LogP) is 2.33. The molecule has 3 N–H and O–H groups in total. The minimum atomic E-state index is -3.69. The Morgan fingerprint density at radius 1 is 1.17 bits per heavy atom. The molecule has 2 aromatic rings. The van der Waals surface area contributed by atoms with Gasteiger partial charge < -0.3 is 5.32 Å². The van der Waals surface area contributed by atoms with Crippen molar-refractivity contribution in [2.45, 2.75) is 30.8 Å². The van der Waals surface area contributed by atoms with Crippen LogP contribution in [0.25, 0.3) is 0 Å². The SMILES string of the molecule is Cc1c(NC2CCN(Cc3ccccc3)C2)cccc1S(N)(=O)=O. The van der Waals surface area contributed by atoms with Crippen LogP contribution in [-0.2, 0) is 16.6 Å². The zero-order valence-corrected chi connectivity index (χ0v) is 14.6. The molecule has 0 bridgehead atoms. The summed E-state index contributed by atoms with van der Waals surface area (Å²) in [7, 11) is -3.69. The summed E-state index contributed by atoms with van der Waals surface area (Å²) in [6.45, 7) is 4.70. The van der Waals surface area contributed by atoms with Crippen molar-refractivity contribution in [1.29, 1.82) is 0 Å². The van der Waals surface area contributed by atoms with Gasteiger partial charge in [0.05, 0.1) is 4.90 Å². The largest absolute Gasteiger partial charge is 0.381 e. The fourth-order valence-corrected chi connectivity index (χ4v) is 4.04. The van der Waals surface area contributed by atoms with E-state index in [2.05, 4.69) is 34.5 Å². The molecular weight excluding hydrogens is 322 g/mol. The van der Waals surface area contributed by atoms with Crippen LogP contribution < -0.4 is 10.5 Å². The van der Waals surface area contributed by atoms with Crippen LogP contribution in [0.2, 0.25) is 0 Å². The van der Waals surface area contributed by atoms with Crippen LogP contribution in [0.3, 0.4) is 0 Å². The number of hydrogen-bond acceptors (Lipinski definition) is 4. The molecule has 2 aromatic carbocycles. The predicted molar refractivity (Wildman–Crippen MR) is 96.3 cm³/mol. The second-order valence-corrected chi connectivity index (χ2v) is 7.85. The number of nitrogens with one attached hydrogen (secondary N) is 1. The second-order valence-electron chi connectivity index (χ2n) is 6.32. The van der Waals surface area contributed by atoms with Crippen molar-refractivity contribution in [3.8, 4) is 0 Å². The maximum absolute atomic E-state index is 11.6.